The van der Waals surface area contributed by atoms with Crippen molar-refractivity contribution in [1.82, 2.24) is 5.32 Å². The molecule has 0 bridgehead atoms. The van der Waals surface area contributed by atoms with Crippen molar-refractivity contribution >= 4 is 40.8 Å². The van der Waals surface area contributed by atoms with E-state index < -0.39 is 30.4 Å². The first-order valence-electron chi connectivity index (χ1n) is 8.91. The normalized spacial score (nSPS) is 24.3. The van der Waals surface area contributed by atoms with Crippen molar-refractivity contribution < 1.29 is 28.7 Å². The van der Waals surface area contributed by atoms with Crippen LogP contribution in [0.1, 0.15) is 41.8 Å². The van der Waals surface area contributed by atoms with Crippen LogP contribution in [0, 0.1) is 11.8 Å². The molecule has 0 aromatic carbocycles. The minimum Gasteiger partial charge on any atom is -0.465 e. The first-order valence-corrected chi connectivity index (χ1v) is 9.79. The summed E-state index contributed by atoms with van der Waals surface area (Å²) in [6, 6.07) is 1.59. The summed E-state index contributed by atoms with van der Waals surface area (Å²) in [7, 11) is 1.26. The van der Waals surface area contributed by atoms with Crippen LogP contribution in [0.15, 0.2) is 11.4 Å². The fraction of sp³-hybridized carbons (Fsp3) is 0.556. The lowest BCUT2D eigenvalue weighted by Crippen LogP contribution is -2.52. The number of hydrogen-bond donors (Lipinski definition) is 2. The Labute approximate surface area is 160 Å². The molecule has 3 rings (SSSR count). The van der Waals surface area contributed by atoms with E-state index in [0.29, 0.717) is 5.69 Å². The molecule has 0 radical (unpaired) electrons. The van der Waals surface area contributed by atoms with Crippen molar-refractivity contribution in [2.45, 2.75) is 38.1 Å². The van der Waals surface area contributed by atoms with Gasteiger partial charge in [0.15, 0.2) is 6.61 Å². The molecule has 146 valence electrons. The van der Waals surface area contributed by atoms with Crippen LogP contribution in [0.2, 0.25) is 0 Å². The summed E-state index contributed by atoms with van der Waals surface area (Å²) in [5.74, 6) is -2.21. The van der Waals surface area contributed by atoms with Gasteiger partial charge in [-0.1, -0.05) is 12.8 Å². The van der Waals surface area contributed by atoms with Crippen molar-refractivity contribution in [2.75, 3.05) is 19.0 Å². The van der Waals surface area contributed by atoms with Gasteiger partial charge in [0.05, 0.1) is 18.7 Å². The van der Waals surface area contributed by atoms with E-state index in [1.54, 1.807) is 11.4 Å². The fourth-order valence-electron chi connectivity index (χ4n) is 3.78. The van der Waals surface area contributed by atoms with Crippen LogP contribution in [0.25, 0.3) is 0 Å². The first-order chi connectivity index (χ1) is 13.0. The van der Waals surface area contributed by atoms with Crippen LogP contribution in [0.5, 0.6) is 0 Å². The molecule has 2 fully saturated rings. The molecule has 1 aliphatic carbocycles. The second-order valence-corrected chi connectivity index (χ2v) is 7.66. The van der Waals surface area contributed by atoms with Gasteiger partial charge in [-0.3, -0.25) is 14.4 Å². The largest absolute Gasteiger partial charge is 0.465 e. The Morgan fingerprint density at radius 3 is 2.85 bits per heavy atom. The third-order valence-corrected chi connectivity index (χ3v) is 5.94. The monoisotopic (exact) mass is 394 g/mol. The summed E-state index contributed by atoms with van der Waals surface area (Å²) < 4.78 is 9.82. The zero-order chi connectivity index (χ0) is 19.4. The smallest absolute Gasteiger partial charge is 0.350 e. The third-order valence-electron chi connectivity index (χ3n) is 5.05. The van der Waals surface area contributed by atoms with Crippen LogP contribution >= 0.6 is 11.3 Å². The molecule has 1 aliphatic heterocycles. The lowest BCUT2D eigenvalue weighted by Gasteiger charge is -2.40. The van der Waals surface area contributed by atoms with Gasteiger partial charge in [-0.05, 0) is 30.2 Å². The Morgan fingerprint density at radius 2 is 2.07 bits per heavy atom. The Kier molecular flexibility index (Phi) is 6.10. The van der Waals surface area contributed by atoms with E-state index in [9.17, 15) is 19.2 Å². The number of carbonyl (C=O) groups excluding carboxylic acids is 4. The van der Waals surface area contributed by atoms with Crippen molar-refractivity contribution in [3.05, 3.63) is 16.3 Å². The van der Waals surface area contributed by atoms with Gasteiger partial charge in [-0.2, -0.15) is 0 Å². The molecule has 1 saturated carbocycles. The number of piperidine rings is 1. The molecule has 3 atom stereocenters. The summed E-state index contributed by atoms with van der Waals surface area (Å²) >= 11 is 1.14. The van der Waals surface area contributed by atoms with E-state index in [-0.39, 0.29) is 29.2 Å². The molecule has 2 amide bonds. The lowest BCUT2D eigenvalue weighted by molar-refractivity contribution is -0.157. The SMILES string of the molecule is COC(=O)c1sccc1NC(=O)COC(=O)C1CC(=O)NC2CCCCC21. The Morgan fingerprint density at radius 1 is 1.30 bits per heavy atom. The Bertz CT molecular complexity index is 746. The summed E-state index contributed by atoms with van der Waals surface area (Å²) in [5.41, 5.74) is 0.317. The maximum absolute atomic E-state index is 12.5. The molecule has 1 aromatic heterocycles. The molecule has 2 aliphatic rings. The van der Waals surface area contributed by atoms with E-state index >= 15 is 0 Å². The highest BCUT2D eigenvalue weighted by Crippen LogP contribution is 2.35. The molecule has 3 unspecified atom stereocenters. The number of hydrogen-bond acceptors (Lipinski definition) is 7. The summed E-state index contributed by atoms with van der Waals surface area (Å²) in [6.07, 6.45) is 3.90. The van der Waals surface area contributed by atoms with Gasteiger partial charge in [0.25, 0.3) is 5.91 Å². The van der Waals surface area contributed by atoms with Crippen LogP contribution in [0.4, 0.5) is 5.69 Å². The van der Waals surface area contributed by atoms with Gasteiger partial charge in [-0.25, -0.2) is 4.79 Å². The summed E-state index contributed by atoms with van der Waals surface area (Å²) in [4.78, 5) is 48.3. The molecule has 2 N–H and O–H groups in total. The molecule has 2 heterocycles. The number of anilines is 1. The van der Waals surface area contributed by atoms with Crippen LogP contribution in [0.3, 0.4) is 0 Å². The Balaban J connectivity index is 1.55. The topological polar surface area (TPSA) is 111 Å². The highest BCUT2D eigenvalue weighted by Gasteiger charge is 2.42. The first kappa shape index (κ1) is 19.3. The number of methoxy groups -OCH3 is 1. The van der Waals surface area contributed by atoms with Gasteiger partial charge in [-0.15, -0.1) is 11.3 Å². The summed E-state index contributed by atoms with van der Waals surface area (Å²) in [5, 5.41) is 7.15. The molecule has 27 heavy (non-hydrogen) atoms. The van der Waals surface area contributed by atoms with Gasteiger partial charge in [0.2, 0.25) is 5.91 Å². The van der Waals surface area contributed by atoms with Crippen molar-refractivity contribution in [1.29, 1.82) is 0 Å². The fourth-order valence-corrected chi connectivity index (χ4v) is 4.55. The predicted octanol–water partition coefficient (Wildman–Crippen LogP) is 1.71. The average molecular weight is 394 g/mol. The molecule has 8 nitrogen and oxygen atoms in total. The maximum atomic E-state index is 12.5. The number of nitrogens with one attached hydrogen (secondary N) is 2. The average Bonchev–Trinajstić information content (AvgIpc) is 3.12. The molecule has 1 aromatic rings. The van der Waals surface area contributed by atoms with Crippen molar-refractivity contribution in [3.63, 3.8) is 0 Å². The lowest BCUT2D eigenvalue weighted by atomic mass is 9.72. The third kappa shape index (κ3) is 4.47. The number of amides is 2. The van der Waals surface area contributed by atoms with Gasteiger partial charge < -0.3 is 20.1 Å². The highest BCUT2D eigenvalue weighted by atomic mass is 32.1. The number of thiophene rings is 1. The van der Waals surface area contributed by atoms with Gasteiger partial charge in [0.1, 0.15) is 4.88 Å². The van der Waals surface area contributed by atoms with Gasteiger partial charge in [0, 0.05) is 12.5 Å². The van der Waals surface area contributed by atoms with E-state index in [0.717, 1.165) is 37.0 Å². The van der Waals surface area contributed by atoms with Crippen molar-refractivity contribution in [3.8, 4) is 0 Å². The number of fused-ring (bicyclic) bond motifs is 1. The maximum Gasteiger partial charge on any atom is 0.350 e. The second kappa shape index (κ2) is 8.51. The second-order valence-electron chi connectivity index (χ2n) is 6.74. The predicted molar refractivity (Wildman–Crippen MR) is 97.2 cm³/mol. The van der Waals surface area contributed by atoms with Crippen LogP contribution in [-0.2, 0) is 23.9 Å². The van der Waals surface area contributed by atoms with E-state index in [1.807, 2.05) is 0 Å². The quantitative estimate of drug-likeness (QED) is 0.736. The molecular formula is C18H22N2O6S. The molecular weight excluding hydrogens is 372 g/mol. The zero-order valence-electron chi connectivity index (χ0n) is 15.0. The zero-order valence-corrected chi connectivity index (χ0v) is 15.8. The van der Waals surface area contributed by atoms with Crippen LogP contribution in [-0.4, -0.2) is 43.5 Å². The van der Waals surface area contributed by atoms with Gasteiger partial charge >= 0.3 is 11.9 Å². The molecule has 9 heteroatoms. The number of ether oxygens (including phenoxy) is 2. The van der Waals surface area contributed by atoms with E-state index in [4.69, 9.17) is 4.74 Å². The standard InChI is InChI=1S/C18H22N2O6S/c1-25-18(24)16-13(6-7-27-16)20-15(22)9-26-17(23)11-8-14(21)19-12-5-3-2-4-10(11)12/h6-7,10-12H,2-5,8-9H2,1H3,(H,19,21)(H,20,22). The van der Waals surface area contributed by atoms with E-state index in [1.165, 1.54) is 7.11 Å². The number of esters is 2. The Hall–Kier alpha value is -2.42. The molecule has 1 saturated heterocycles. The minimum absolute atomic E-state index is 0.0137. The van der Waals surface area contributed by atoms with E-state index in [2.05, 4.69) is 15.4 Å². The van der Waals surface area contributed by atoms with Crippen molar-refractivity contribution in [2.24, 2.45) is 11.8 Å². The number of rotatable bonds is 5. The highest BCUT2D eigenvalue weighted by molar-refractivity contribution is 7.12. The minimum atomic E-state index is -0.549. The molecule has 0 spiro atoms. The number of carbonyl (C=O) groups is 4. The van der Waals surface area contributed by atoms with Crippen LogP contribution < -0.4 is 10.6 Å². The summed E-state index contributed by atoms with van der Waals surface area (Å²) in [6.45, 7) is -0.467.